The molecule has 2 N–H and O–H groups in total. The molecule has 0 radical (unpaired) electrons. The summed E-state index contributed by atoms with van der Waals surface area (Å²) in [6, 6.07) is 0.609. The van der Waals surface area contributed by atoms with Gasteiger partial charge in [-0.2, -0.15) is 5.10 Å². The van der Waals surface area contributed by atoms with Gasteiger partial charge in [0.05, 0.1) is 0 Å². The highest BCUT2D eigenvalue weighted by molar-refractivity contribution is 5.95. The normalized spacial score (nSPS) is 12.6. The lowest BCUT2D eigenvalue weighted by Gasteiger charge is -2.12. The standard InChI is InChI=1S/C11H15N3O3/c1-3-4-5-8(11(16)17)13-10(15)9-6-7-12-14(9)2/h3-4,6-8H,5H2,1-2H3,(H,13,15)(H,16,17)/b4-3+. The summed E-state index contributed by atoms with van der Waals surface area (Å²) in [5.41, 5.74) is 0.330. The van der Waals surface area contributed by atoms with Crippen LogP contribution >= 0.6 is 0 Å². The minimum absolute atomic E-state index is 0.259. The molecule has 0 aliphatic carbocycles. The summed E-state index contributed by atoms with van der Waals surface area (Å²) >= 11 is 0. The van der Waals surface area contributed by atoms with E-state index in [1.54, 1.807) is 26.1 Å². The highest BCUT2D eigenvalue weighted by atomic mass is 16.4. The second-order valence-corrected chi connectivity index (χ2v) is 3.51. The number of carbonyl (C=O) groups excluding carboxylic acids is 1. The first kappa shape index (κ1) is 13.0. The van der Waals surface area contributed by atoms with E-state index in [4.69, 9.17) is 5.11 Å². The van der Waals surface area contributed by atoms with Crippen LogP contribution in [0.5, 0.6) is 0 Å². The number of nitrogens with one attached hydrogen (secondary N) is 1. The lowest BCUT2D eigenvalue weighted by molar-refractivity contribution is -0.139. The van der Waals surface area contributed by atoms with Crippen LogP contribution in [-0.2, 0) is 11.8 Å². The first-order chi connectivity index (χ1) is 8.06. The first-order valence-electron chi connectivity index (χ1n) is 5.19. The van der Waals surface area contributed by atoms with Gasteiger partial charge in [0, 0.05) is 13.2 Å². The summed E-state index contributed by atoms with van der Waals surface area (Å²) in [6.45, 7) is 1.79. The largest absolute Gasteiger partial charge is 0.480 e. The molecule has 0 spiro atoms. The average Bonchev–Trinajstić information content (AvgIpc) is 2.70. The summed E-state index contributed by atoms with van der Waals surface area (Å²) in [5, 5.41) is 15.2. The Bertz CT molecular complexity index is 437. The van der Waals surface area contributed by atoms with E-state index in [-0.39, 0.29) is 6.42 Å². The van der Waals surface area contributed by atoms with Gasteiger partial charge in [-0.05, 0) is 19.4 Å². The Kier molecular flexibility index (Phi) is 4.45. The number of nitrogens with zero attached hydrogens (tertiary/aromatic N) is 2. The van der Waals surface area contributed by atoms with Crippen LogP contribution in [0.15, 0.2) is 24.4 Å². The summed E-state index contributed by atoms with van der Waals surface area (Å²) in [4.78, 5) is 22.7. The molecule has 1 unspecified atom stereocenters. The molecule has 1 amide bonds. The number of rotatable bonds is 5. The molecule has 1 heterocycles. The Morgan fingerprint density at radius 1 is 1.65 bits per heavy atom. The maximum absolute atomic E-state index is 11.7. The van der Waals surface area contributed by atoms with Crippen molar-refractivity contribution in [2.45, 2.75) is 19.4 Å². The van der Waals surface area contributed by atoms with E-state index >= 15 is 0 Å². The van der Waals surface area contributed by atoms with Crippen LogP contribution in [0.2, 0.25) is 0 Å². The third kappa shape index (κ3) is 3.44. The average molecular weight is 237 g/mol. The summed E-state index contributed by atoms with van der Waals surface area (Å²) in [6.07, 6.45) is 5.18. The Labute approximate surface area is 98.9 Å². The van der Waals surface area contributed by atoms with Crippen molar-refractivity contribution in [2.75, 3.05) is 0 Å². The van der Waals surface area contributed by atoms with Crippen LogP contribution in [0.1, 0.15) is 23.8 Å². The number of allylic oxidation sites excluding steroid dienone is 1. The van der Waals surface area contributed by atoms with Crippen molar-refractivity contribution in [1.82, 2.24) is 15.1 Å². The van der Waals surface area contributed by atoms with Crippen LogP contribution in [0.3, 0.4) is 0 Å². The van der Waals surface area contributed by atoms with Gasteiger partial charge in [-0.25, -0.2) is 4.79 Å². The molecule has 1 rings (SSSR count). The Hall–Kier alpha value is -2.11. The molecule has 17 heavy (non-hydrogen) atoms. The molecule has 6 heteroatoms. The van der Waals surface area contributed by atoms with E-state index in [0.717, 1.165) is 0 Å². The quantitative estimate of drug-likeness (QED) is 0.733. The van der Waals surface area contributed by atoms with E-state index in [2.05, 4.69) is 10.4 Å². The number of carbonyl (C=O) groups is 2. The molecule has 0 fully saturated rings. The minimum Gasteiger partial charge on any atom is -0.480 e. The predicted molar refractivity (Wildman–Crippen MR) is 61.5 cm³/mol. The van der Waals surface area contributed by atoms with Crippen molar-refractivity contribution >= 4 is 11.9 Å². The maximum Gasteiger partial charge on any atom is 0.326 e. The van der Waals surface area contributed by atoms with Crippen molar-refractivity contribution in [2.24, 2.45) is 7.05 Å². The molecule has 0 aliphatic rings. The second kappa shape index (κ2) is 5.83. The number of aliphatic carboxylic acids is 1. The fraction of sp³-hybridized carbons (Fsp3) is 0.364. The molecule has 0 bridgehead atoms. The molecule has 1 aromatic heterocycles. The molecule has 1 atom stereocenters. The smallest absolute Gasteiger partial charge is 0.326 e. The van der Waals surface area contributed by atoms with E-state index in [0.29, 0.717) is 5.69 Å². The summed E-state index contributed by atoms with van der Waals surface area (Å²) in [5.74, 6) is -1.50. The Balaban J connectivity index is 2.71. The topological polar surface area (TPSA) is 84.2 Å². The lowest BCUT2D eigenvalue weighted by Crippen LogP contribution is -2.41. The highest BCUT2D eigenvalue weighted by Gasteiger charge is 2.20. The molecule has 0 saturated heterocycles. The minimum atomic E-state index is -1.06. The van der Waals surface area contributed by atoms with Crippen molar-refractivity contribution < 1.29 is 14.7 Å². The van der Waals surface area contributed by atoms with E-state index in [1.807, 2.05) is 0 Å². The van der Waals surface area contributed by atoms with Gasteiger partial charge in [0.15, 0.2) is 0 Å². The van der Waals surface area contributed by atoms with Crippen molar-refractivity contribution in [3.63, 3.8) is 0 Å². The number of carboxylic acid groups (broad SMARTS) is 1. The molecule has 6 nitrogen and oxygen atoms in total. The van der Waals surface area contributed by atoms with Crippen LogP contribution in [-0.4, -0.2) is 32.8 Å². The van der Waals surface area contributed by atoms with Gasteiger partial charge in [0.2, 0.25) is 0 Å². The van der Waals surface area contributed by atoms with Gasteiger partial charge in [0.25, 0.3) is 5.91 Å². The van der Waals surface area contributed by atoms with Crippen molar-refractivity contribution in [3.05, 3.63) is 30.1 Å². The van der Waals surface area contributed by atoms with Gasteiger partial charge in [0.1, 0.15) is 11.7 Å². The number of hydrogen-bond donors (Lipinski definition) is 2. The molecule has 0 aromatic carbocycles. The molecule has 1 aromatic rings. The van der Waals surface area contributed by atoms with Gasteiger partial charge in [-0.1, -0.05) is 12.2 Å². The molecular formula is C11H15N3O3. The van der Waals surface area contributed by atoms with Crippen LogP contribution in [0.25, 0.3) is 0 Å². The number of hydrogen-bond acceptors (Lipinski definition) is 3. The monoisotopic (exact) mass is 237 g/mol. The van der Waals surface area contributed by atoms with E-state index in [9.17, 15) is 9.59 Å². The molecular weight excluding hydrogens is 222 g/mol. The number of aromatic nitrogens is 2. The number of carboxylic acids is 1. The van der Waals surface area contributed by atoms with Gasteiger partial charge in [-0.3, -0.25) is 9.48 Å². The predicted octanol–water partition coefficient (Wildman–Crippen LogP) is 0.569. The summed E-state index contributed by atoms with van der Waals surface area (Å²) < 4.78 is 1.39. The van der Waals surface area contributed by atoms with Crippen LogP contribution in [0, 0.1) is 0 Å². The fourth-order valence-electron chi connectivity index (χ4n) is 1.32. The highest BCUT2D eigenvalue weighted by Crippen LogP contribution is 2.00. The van der Waals surface area contributed by atoms with Gasteiger partial charge >= 0.3 is 5.97 Å². The zero-order chi connectivity index (χ0) is 12.8. The molecule has 0 saturated carbocycles. The molecule has 0 aliphatic heterocycles. The van der Waals surface area contributed by atoms with E-state index in [1.165, 1.54) is 16.9 Å². The van der Waals surface area contributed by atoms with Gasteiger partial charge < -0.3 is 10.4 Å². The Morgan fingerprint density at radius 2 is 2.35 bits per heavy atom. The van der Waals surface area contributed by atoms with Crippen molar-refractivity contribution in [1.29, 1.82) is 0 Å². The summed E-state index contributed by atoms with van der Waals surface area (Å²) in [7, 11) is 1.62. The number of amides is 1. The number of aryl methyl sites for hydroxylation is 1. The van der Waals surface area contributed by atoms with E-state index < -0.39 is 17.9 Å². The third-order valence-corrected chi connectivity index (χ3v) is 2.26. The third-order valence-electron chi connectivity index (χ3n) is 2.26. The SMILES string of the molecule is C/C=C/CC(NC(=O)c1ccnn1C)C(=O)O. The van der Waals surface area contributed by atoms with Gasteiger partial charge in [-0.15, -0.1) is 0 Å². The van der Waals surface area contributed by atoms with Crippen LogP contribution < -0.4 is 5.32 Å². The maximum atomic E-state index is 11.7. The van der Waals surface area contributed by atoms with Crippen LogP contribution in [0.4, 0.5) is 0 Å². The van der Waals surface area contributed by atoms with Crippen molar-refractivity contribution in [3.8, 4) is 0 Å². The fourth-order valence-corrected chi connectivity index (χ4v) is 1.32. The zero-order valence-electron chi connectivity index (χ0n) is 9.75. The second-order valence-electron chi connectivity index (χ2n) is 3.51. The first-order valence-corrected chi connectivity index (χ1v) is 5.19. The zero-order valence-corrected chi connectivity index (χ0v) is 9.75. The Morgan fingerprint density at radius 3 is 2.82 bits per heavy atom. The molecule has 92 valence electrons. The lowest BCUT2D eigenvalue weighted by atomic mass is 10.2.